The van der Waals surface area contributed by atoms with Crippen molar-refractivity contribution in [3.63, 3.8) is 0 Å². The summed E-state index contributed by atoms with van der Waals surface area (Å²) in [7, 11) is 0. The van der Waals surface area contributed by atoms with E-state index in [2.05, 4.69) is 5.32 Å². The van der Waals surface area contributed by atoms with E-state index >= 15 is 0 Å². The second-order valence-electron chi connectivity index (χ2n) is 12.6. The molecule has 1 aliphatic heterocycles. The number of aromatic nitrogens is 2. The minimum absolute atomic E-state index is 0.000536. The lowest BCUT2D eigenvalue weighted by Gasteiger charge is -2.40. The van der Waals surface area contributed by atoms with Gasteiger partial charge in [0, 0.05) is 56.5 Å². The van der Waals surface area contributed by atoms with Crippen LogP contribution in [0.4, 0.5) is 13.6 Å². The molecule has 1 aromatic heterocycles. The number of nitrogens with one attached hydrogen (secondary N) is 1. The van der Waals surface area contributed by atoms with Crippen LogP contribution in [-0.2, 0) is 20.9 Å². The van der Waals surface area contributed by atoms with Gasteiger partial charge in [-0.05, 0) is 48.4 Å². The number of benzene rings is 2. The number of carbonyl (C=O) groups is 4. The molecular weight excluding hydrogens is 608 g/mol. The van der Waals surface area contributed by atoms with Crippen molar-refractivity contribution in [2.24, 2.45) is 5.41 Å². The Hall–Kier alpha value is -4.87. The van der Waals surface area contributed by atoms with Crippen LogP contribution in [0, 0.1) is 17.0 Å². The smallest absolute Gasteiger partial charge is 0.404 e. The van der Waals surface area contributed by atoms with Gasteiger partial charge in [0.25, 0.3) is 11.8 Å². The first-order valence-electron chi connectivity index (χ1n) is 15.7. The molecule has 10 nitrogen and oxygen atoms in total. The summed E-state index contributed by atoms with van der Waals surface area (Å²) in [6.07, 6.45) is 5.14. The highest BCUT2D eigenvalue weighted by Gasteiger charge is 2.38. The maximum absolute atomic E-state index is 15.0. The first-order valence-corrected chi connectivity index (χ1v) is 15.7. The van der Waals surface area contributed by atoms with Gasteiger partial charge in [-0.2, -0.15) is 0 Å². The molecule has 1 atom stereocenters. The Labute approximate surface area is 273 Å². The quantitative estimate of drug-likeness (QED) is 0.155. The van der Waals surface area contributed by atoms with Gasteiger partial charge < -0.3 is 19.9 Å². The lowest BCUT2D eigenvalue weighted by atomic mass is 9.84. The van der Waals surface area contributed by atoms with Crippen molar-refractivity contribution in [2.75, 3.05) is 19.6 Å². The van der Waals surface area contributed by atoms with E-state index < -0.39 is 29.2 Å². The Morgan fingerprint density at radius 3 is 2.34 bits per heavy atom. The number of hydrogen-bond acceptors (Lipinski definition) is 5. The van der Waals surface area contributed by atoms with E-state index in [1.54, 1.807) is 11.1 Å². The molecule has 0 saturated heterocycles. The van der Waals surface area contributed by atoms with Gasteiger partial charge in [0.05, 0.1) is 11.7 Å². The Kier molecular flexibility index (Phi) is 11.6. The number of unbranched alkanes of at least 4 members (excludes halogenated alkanes) is 2. The van der Waals surface area contributed by atoms with E-state index in [4.69, 9.17) is 10.1 Å². The van der Waals surface area contributed by atoms with Crippen molar-refractivity contribution in [3.05, 3.63) is 89.9 Å². The maximum Gasteiger partial charge on any atom is 0.404 e. The summed E-state index contributed by atoms with van der Waals surface area (Å²) in [5.41, 5.74) is 0.581. The Bertz CT molecular complexity index is 1600. The highest BCUT2D eigenvalue weighted by molar-refractivity contribution is 6.12. The molecule has 2 N–H and O–H groups in total. The van der Waals surface area contributed by atoms with Gasteiger partial charge in [-0.1, -0.05) is 57.5 Å². The number of amides is 4. The first kappa shape index (κ1) is 35.0. The molecule has 12 heteroatoms. The molecule has 0 spiro atoms. The van der Waals surface area contributed by atoms with Crippen LogP contribution < -0.4 is 5.32 Å². The monoisotopic (exact) mass is 649 g/mol. The SMILES string of the molecule is CC(C)(C)C(c1nc(-c2cc(F)ccc2F)cn1Cc1ccccc1)N(CCCNC(=O)O)C(=O)CCCCCN1C(=O)C=CC1=O. The summed E-state index contributed by atoms with van der Waals surface area (Å²) in [5.74, 6) is -1.62. The molecule has 0 aliphatic carbocycles. The molecule has 47 heavy (non-hydrogen) atoms. The summed E-state index contributed by atoms with van der Waals surface area (Å²) >= 11 is 0. The molecule has 4 amide bonds. The molecule has 2 heterocycles. The average molecular weight is 650 g/mol. The third-order valence-corrected chi connectivity index (χ3v) is 7.93. The normalized spacial score (nSPS) is 13.7. The van der Waals surface area contributed by atoms with Crippen LogP contribution in [0.1, 0.15) is 70.3 Å². The second kappa shape index (κ2) is 15.6. The van der Waals surface area contributed by atoms with E-state index in [1.807, 2.05) is 55.7 Å². The van der Waals surface area contributed by atoms with E-state index in [0.717, 1.165) is 23.8 Å². The van der Waals surface area contributed by atoms with Crippen LogP contribution in [0.3, 0.4) is 0 Å². The van der Waals surface area contributed by atoms with E-state index in [1.165, 1.54) is 17.1 Å². The zero-order valence-corrected chi connectivity index (χ0v) is 26.9. The Morgan fingerprint density at radius 1 is 0.979 bits per heavy atom. The van der Waals surface area contributed by atoms with Crippen LogP contribution in [0.15, 0.2) is 66.9 Å². The zero-order chi connectivity index (χ0) is 34.1. The molecule has 250 valence electrons. The Morgan fingerprint density at radius 2 is 1.68 bits per heavy atom. The third kappa shape index (κ3) is 9.34. The number of imidazole rings is 1. The molecule has 0 saturated carbocycles. The predicted molar refractivity (Wildman–Crippen MR) is 172 cm³/mol. The van der Waals surface area contributed by atoms with Gasteiger partial charge in [-0.3, -0.25) is 19.3 Å². The van der Waals surface area contributed by atoms with Gasteiger partial charge in [0.15, 0.2) is 0 Å². The summed E-state index contributed by atoms with van der Waals surface area (Å²) in [4.78, 5) is 56.6. The number of hydrogen-bond donors (Lipinski definition) is 2. The zero-order valence-electron chi connectivity index (χ0n) is 26.9. The standard InChI is InChI=1S/C35H41F2N5O5/c1-35(2,3)32(33-39-28(26-21-25(36)14-15-27(26)37)23-40(33)22-24-11-6-4-7-12-24)42(20-10-18-38-34(46)47)29(43)13-8-5-9-19-41-30(44)16-17-31(41)45/h4,6-7,11-12,14-17,21,23,32,38H,5,8-10,13,18-20,22H2,1-3H3,(H,46,47). The summed E-state index contributed by atoms with van der Waals surface area (Å²) < 4.78 is 31.1. The van der Waals surface area contributed by atoms with Crippen molar-refractivity contribution in [3.8, 4) is 11.3 Å². The molecule has 3 aromatic rings. The molecule has 4 rings (SSSR count). The molecule has 1 aliphatic rings. The van der Waals surface area contributed by atoms with Crippen molar-refractivity contribution < 1.29 is 33.1 Å². The van der Waals surface area contributed by atoms with Crippen LogP contribution in [0.25, 0.3) is 11.3 Å². The fraction of sp³-hybridized carbons (Fsp3) is 0.400. The summed E-state index contributed by atoms with van der Waals surface area (Å²) in [6, 6.07) is 12.2. The highest BCUT2D eigenvalue weighted by atomic mass is 19.1. The van der Waals surface area contributed by atoms with E-state index in [9.17, 15) is 28.0 Å². The van der Waals surface area contributed by atoms with E-state index in [-0.39, 0.29) is 55.0 Å². The number of carboxylic acid groups (broad SMARTS) is 1. The van der Waals surface area contributed by atoms with Crippen molar-refractivity contribution >= 4 is 23.8 Å². The fourth-order valence-corrected chi connectivity index (χ4v) is 5.73. The number of imide groups is 1. The first-order chi connectivity index (χ1) is 22.3. The fourth-order valence-electron chi connectivity index (χ4n) is 5.73. The van der Waals surface area contributed by atoms with Gasteiger partial charge in [0.1, 0.15) is 17.5 Å². The highest BCUT2D eigenvalue weighted by Crippen LogP contribution is 2.40. The molecular formula is C35H41F2N5O5. The predicted octanol–water partition coefficient (Wildman–Crippen LogP) is 5.94. The van der Waals surface area contributed by atoms with Crippen LogP contribution >= 0.6 is 0 Å². The van der Waals surface area contributed by atoms with Gasteiger partial charge >= 0.3 is 6.09 Å². The van der Waals surface area contributed by atoms with Crippen molar-refractivity contribution in [1.29, 1.82) is 0 Å². The van der Waals surface area contributed by atoms with E-state index in [0.29, 0.717) is 38.1 Å². The summed E-state index contributed by atoms with van der Waals surface area (Å²) in [5, 5.41) is 11.4. The van der Waals surface area contributed by atoms with Crippen molar-refractivity contribution in [1.82, 2.24) is 24.7 Å². The Balaban J connectivity index is 1.65. The minimum atomic E-state index is -1.17. The van der Waals surface area contributed by atoms with Crippen molar-refractivity contribution in [2.45, 2.75) is 65.5 Å². The third-order valence-electron chi connectivity index (χ3n) is 7.93. The average Bonchev–Trinajstić information content (AvgIpc) is 3.56. The largest absolute Gasteiger partial charge is 0.465 e. The lowest BCUT2D eigenvalue weighted by molar-refractivity contribution is -0.138. The molecule has 0 bridgehead atoms. The summed E-state index contributed by atoms with van der Waals surface area (Å²) in [6.45, 7) is 6.87. The lowest BCUT2D eigenvalue weighted by Crippen LogP contribution is -2.43. The minimum Gasteiger partial charge on any atom is -0.465 e. The van der Waals surface area contributed by atoms with Gasteiger partial charge in [-0.25, -0.2) is 18.6 Å². The van der Waals surface area contributed by atoms with Crippen LogP contribution in [0.5, 0.6) is 0 Å². The number of halogens is 2. The van der Waals surface area contributed by atoms with Gasteiger partial charge in [-0.15, -0.1) is 0 Å². The van der Waals surface area contributed by atoms with Gasteiger partial charge in [0.2, 0.25) is 5.91 Å². The number of nitrogens with zero attached hydrogens (tertiary/aromatic N) is 4. The number of rotatable bonds is 15. The maximum atomic E-state index is 15.0. The number of carbonyl (C=O) groups excluding carboxylic acids is 3. The second-order valence-corrected chi connectivity index (χ2v) is 12.6. The van der Waals surface area contributed by atoms with Crippen LogP contribution in [0.2, 0.25) is 0 Å². The molecule has 0 radical (unpaired) electrons. The molecule has 2 aromatic carbocycles. The topological polar surface area (TPSA) is 125 Å². The molecule has 1 unspecified atom stereocenters. The van der Waals surface area contributed by atoms with Crippen LogP contribution in [-0.4, -0.2) is 67.9 Å². The molecule has 0 fully saturated rings.